The zero-order valence-electron chi connectivity index (χ0n) is 23.5. The molecule has 0 saturated heterocycles. The number of halogens is 1. The molecule has 4 N–H and O–H groups in total. The van der Waals surface area contributed by atoms with Gasteiger partial charge >= 0.3 is 0 Å². The van der Waals surface area contributed by atoms with Crippen LogP contribution in [0, 0.1) is 5.82 Å². The van der Waals surface area contributed by atoms with Crippen molar-refractivity contribution in [3.05, 3.63) is 120 Å². The topological polar surface area (TPSA) is 117 Å². The molecule has 220 valence electrons. The number of methoxy groups -OCH3 is 1. The van der Waals surface area contributed by atoms with Crippen LogP contribution in [0.3, 0.4) is 0 Å². The van der Waals surface area contributed by atoms with E-state index in [1.807, 2.05) is 6.92 Å². The van der Waals surface area contributed by atoms with Gasteiger partial charge < -0.3 is 25.8 Å². The van der Waals surface area contributed by atoms with Gasteiger partial charge in [0.15, 0.2) is 0 Å². The number of hydrogen-bond donors (Lipinski definition) is 4. The highest BCUT2D eigenvalue weighted by Gasteiger charge is 2.20. The fourth-order valence-corrected chi connectivity index (χ4v) is 5.04. The molecule has 0 fully saturated rings. The molecular weight excluding hydrogens is 569 g/mol. The van der Waals surface area contributed by atoms with Crippen LogP contribution in [0.4, 0.5) is 15.8 Å². The maximum absolute atomic E-state index is 14.0. The molecule has 4 aromatic carbocycles. The molecule has 0 aliphatic rings. The first-order valence-corrected chi connectivity index (χ1v) is 14.2. The van der Waals surface area contributed by atoms with E-state index in [1.165, 1.54) is 49.2 Å². The SMILES string of the molecule is CCC(Sc1cccc(NC(=O)/C(=C\c2ccc(O)cc2OC)NC(=O)c2ccccc2)c1)C(=O)Nc1ccccc1F. The second-order valence-electron chi connectivity index (χ2n) is 9.27. The van der Waals surface area contributed by atoms with Crippen LogP contribution in [0.25, 0.3) is 6.08 Å². The molecule has 4 rings (SSSR count). The monoisotopic (exact) mass is 599 g/mol. The van der Waals surface area contributed by atoms with Crippen molar-refractivity contribution in [2.75, 3.05) is 17.7 Å². The van der Waals surface area contributed by atoms with Crippen molar-refractivity contribution in [2.45, 2.75) is 23.5 Å². The summed E-state index contributed by atoms with van der Waals surface area (Å²) in [5.41, 5.74) is 1.28. The van der Waals surface area contributed by atoms with Gasteiger partial charge in [0.25, 0.3) is 11.8 Å². The van der Waals surface area contributed by atoms with Crippen molar-refractivity contribution in [1.29, 1.82) is 0 Å². The van der Waals surface area contributed by atoms with Crippen molar-refractivity contribution in [1.82, 2.24) is 5.32 Å². The second-order valence-corrected chi connectivity index (χ2v) is 10.5. The van der Waals surface area contributed by atoms with Crippen LogP contribution in [0.1, 0.15) is 29.3 Å². The molecular formula is C33H30FN3O5S. The van der Waals surface area contributed by atoms with E-state index in [0.29, 0.717) is 33.9 Å². The highest BCUT2D eigenvalue weighted by Crippen LogP contribution is 2.30. The number of thioether (sulfide) groups is 1. The van der Waals surface area contributed by atoms with Crippen LogP contribution < -0.4 is 20.7 Å². The van der Waals surface area contributed by atoms with Crippen LogP contribution in [-0.4, -0.2) is 35.2 Å². The first-order chi connectivity index (χ1) is 20.8. The smallest absolute Gasteiger partial charge is 0.272 e. The molecule has 0 aliphatic heterocycles. The fourth-order valence-electron chi connectivity index (χ4n) is 4.02. The van der Waals surface area contributed by atoms with E-state index in [4.69, 9.17) is 4.74 Å². The maximum atomic E-state index is 14.0. The Labute approximate surface area is 253 Å². The predicted molar refractivity (Wildman–Crippen MR) is 167 cm³/mol. The van der Waals surface area contributed by atoms with Crippen LogP contribution in [0.2, 0.25) is 0 Å². The molecule has 10 heteroatoms. The van der Waals surface area contributed by atoms with Crippen molar-refractivity contribution in [2.24, 2.45) is 0 Å². The highest BCUT2D eigenvalue weighted by atomic mass is 32.2. The normalized spacial score (nSPS) is 11.7. The Morgan fingerprint density at radius 3 is 2.40 bits per heavy atom. The second kappa shape index (κ2) is 14.7. The van der Waals surface area contributed by atoms with E-state index in [9.17, 15) is 23.9 Å². The summed E-state index contributed by atoms with van der Waals surface area (Å²) < 4.78 is 19.4. The zero-order valence-corrected chi connectivity index (χ0v) is 24.3. The summed E-state index contributed by atoms with van der Waals surface area (Å²) in [4.78, 5) is 40.0. The summed E-state index contributed by atoms with van der Waals surface area (Å²) >= 11 is 1.28. The molecule has 8 nitrogen and oxygen atoms in total. The summed E-state index contributed by atoms with van der Waals surface area (Å²) in [5.74, 6) is -1.67. The van der Waals surface area contributed by atoms with E-state index >= 15 is 0 Å². The Kier molecular flexibility index (Phi) is 10.5. The van der Waals surface area contributed by atoms with Crippen molar-refractivity contribution in [3.63, 3.8) is 0 Å². The van der Waals surface area contributed by atoms with Crippen LogP contribution in [0.5, 0.6) is 11.5 Å². The molecule has 0 spiro atoms. The zero-order chi connectivity index (χ0) is 30.8. The highest BCUT2D eigenvalue weighted by molar-refractivity contribution is 8.00. The number of ether oxygens (including phenoxy) is 1. The summed E-state index contributed by atoms with van der Waals surface area (Å²) in [6.07, 6.45) is 1.93. The number of amides is 3. The number of phenolic OH excluding ortho intramolecular Hbond substituents is 1. The Hall–Kier alpha value is -5.09. The first kappa shape index (κ1) is 30.9. The average molecular weight is 600 g/mol. The Balaban J connectivity index is 1.54. The van der Waals surface area contributed by atoms with Gasteiger partial charge in [0.2, 0.25) is 5.91 Å². The molecule has 3 amide bonds. The van der Waals surface area contributed by atoms with Gasteiger partial charge in [0.1, 0.15) is 23.0 Å². The third-order valence-electron chi connectivity index (χ3n) is 6.21. The van der Waals surface area contributed by atoms with E-state index in [-0.39, 0.29) is 23.0 Å². The number of carbonyl (C=O) groups excluding carboxylic acids is 3. The van der Waals surface area contributed by atoms with Gasteiger partial charge in [-0.2, -0.15) is 0 Å². The molecule has 0 saturated carbocycles. The van der Waals surface area contributed by atoms with Gasteiger partial charge in [-0.1, -0.05) is 43.3 Å². The molecule has 0 aromatic heterocycles. The van der Waals surface area contributed by atoms with Crippen LogP contribution in [-0.2, 0) is 9.59 Å². The number of carbonyl (C=O) groups is 3. The summed E-state index contributed by atoms with van der Waals surface area (Å²) in [6, 6.07) is 25.7. The standard InChI is InChI=1S/C33H30FN3O5S/c1-3-30(33(41)36-27-15-8-7-14-26(27)34)43-25-13-9-12-23(19-25)35-32(40)28(37-31(39)21-10-5-4-6-11-21)18-22-16-17-24(38)20-29(22)42-2/h4-20,30,38H,3H2,1-2H3,(H,35,40)(H,36,41)(H,37,39)/b28-18+. The number of nitrogens with one attached hydrogen (secondary N) is 3. The lowest BCUT2D eigenvalue weighted by Gasteiger charge is -2.16. The third kappa shape index (κ3) is 8.46. The molecule has 0 aliphatic carbocycles. The number of aromatic hydroxyl groups is 1. The van der Waals surface area contributed by atoms with E-state index in [1.54, 1.807) is 72.8 Å². The molecule has 0 bridgehead atoms. The largest absolute Gasteiger partial charge is 0.508 e. The minimum atomic E-state index is -0.606. The van der Waals surface area contributed by atoms with E-state index in [2.05, 4.69) is 16.0 Å². The number of benzene rings is 4. The quantitative estimate of drug-likeness (QED) is 0.116. The average Bonchev–Trinajstić information content (AvgIpc) is 3.01. The molecule has 0 heterocycles. The maximum Gasteiger partial charge on any atom is 0.272 e. The summed E-state index contributed by atoms with van der Waals surface area (Å²) in [7, 11) is 1.43. The van der Waals surface area contributed by atoms with Gasteiger partial charge in [0.05, 0.1) is 18.0 Å². The van der Waals surface area contributed by atoms with Gasteiger partial charge in [-0.15, -0.1) is 11.8 Å². The number of rotatable bonds is 11. The summed E-state index contributed by atoms with van der Waals surface area (Å²) in [5, 5.41) is 17.4. The molecule has 1 atom stereocenters. The molecule has 4 aromatic rings. The van der Waals surface area contributed by atoms with Gasteiger partial charge in [-0.25, -0.2) is 4.39 Å². The fraction of sp³-hybridized carbons (Fsp3) is 0.121. The number of anilines is 2. The number of para-hydroxylation sites is 1. The minimum Gasteiger partial charge on any atom is -0.508 e. The van der Waals surface area contributed by atoms with Crippen LogP contribution in [0.15, 0.2) is 108 Å². The van der Waals surface area contributed by atoms with E-state index < -0.39 is 22.9 Å². The Bertz CT molecular complexity index is 1640. The lowest BCUT2D eigenvalue weighted by molar-refractivity contribution is -0.116. The van der Waals surface area contributed by atoms with Crippen molar-refractivity contribution >= 4 is 46.9 Å². The molecule has 0 radical (unpaired) electrons. The van der Waals surface area contributed by atoms with Gasteiger partial charge in [-0.3, -0.25) is 14.4 Å². The number of phenols is 1. The van der Waals surface area contributed by atoms with E-state index in [0.717, 1.165) is 0 Å². The van der Waals surface area contributed by atoms with Gasteiger partial charge in [-0.05, 0) is 67.1 Å². The van der Waals surface area contributed by atoms with Crippen molar-refractivity contribution in [3.8, 4) is 11.5 Å². The van der Waals surface area contributed by atoms with Gasteiger partial charge in [0, 0.05) is 27.8 Å². The lowest BCUT2D eigenvalue weighted by atomic mass is 10.1. The predicted octanol–water partition coefficient (Wildman–Crippen LogP) is 6.46. The number of hydrogen-bond acceptors (Lipinski definition) is 6. The summed E-state index contributed by atoms with van der Waals surface area (Å²) in [6.45, 7) is 1.86. The minimum absolute atomic E-state index is 0.0180. The lowest BCUT2D eigenvalue weighted by Crippen LogP contribution is -2.30. The van der Waals surface area contributed by atoms with Crippen LogP contribution >= 0.6 is 11.8 Å². The molecule has 43 heavy (non-hydrogen) atoms. The molecule has 1 unspecified atom stereocenters. The Morgan fingerprint density at radius 2 is 1.67 bits per heavy atom. The Morgan fingerprint density at radius 1 is 0.930 bits per heavy atom. The first-order valence-electron chi connectivity index (χ1n) is 13.4. The third-order valence-corrected chi connectivity index (χ3v) is 7.57. The van der Waals surface area contributed by atoms with Crippen molar-refractivity contribution < 1.29 is 28.6 Å².